The molecule has 0 saturated heterocycles. The van der Waals surface area contributed by atoms with Crippen LogP contribution in [0.1, 0.15) is 0 Å². The Balaban J connectivity index is 1.87. The van der Waals surface area contributed by atoms with Gasteiger partial charge in [0.25, 0.3) is 5.56 Å². The van der Waals surface area contributed by atoms with Crippen LogP contribution in [0.3, 0.4) is 0 Å². The molecule has 0 fully saturated rings. The summed E-state index contributed by atoms with van der Waals surface area (Å²) in [5, 5.41) is 0. The van der Waals surface area contributed by atoms with Crippen molar-refractivity contribution in [2.45, 2.75) is 6.54 Å². The number of rotatable bonds is 2. The Bertz CT molecular complexity index is 793. The zero-order chi connectivity index (χ0) is 14.8. The molecule has 1 aromatic heterocycles. The van der Waals surface area contributed by atoms with Gasteiger partial charge in [-0.2, -0.15) is 0 Å². The average Bonchev–Trinajstić information content (AvgIpc) is 2.49. The van der Waals surface area contributed by atoms with E-state index in [0.717, 1.165) is 0 Å². The number of carbonyl (C=O) groups is 1. The highest BCUT2D eigenvalue weighted by molar-refractivity contribution is 5.95. The second kappa shape index (κ2) is 5.28. The van der Waals surface area contributed by atoms with Crippen LogP contribution >= 0.6 is 0 Å². The summed E-state index contributed by atoms with van der Waals surface area (Å²) >= 11 is 0. The Morgan fingerprint density at radius 2 is 2.05 bits per heavy atom. The number of H-pyrrole nitrogens is 1. The number of anilines is 1. The summed E-state index contributed by atoms with van der Waals surface area (Å²) in [5.41, 5.74) is -0.399. The number of nitrogens with one attached hydrogen (secondary N) is 1. The number of carbonyl (C=O) groups excluding carboxylic acids is 1. The summed E-state index contributed by atoms with van der Waals surface area (Å²) in [6, 6.07) is 8.45. The van der Waals surface area contributed by atoms with Crippen LogP contribution in [0.15, 0.2) is 46.1 Å². The molecule has 1 aliphatic rings. The van der Waals surface area contributed by atoms with Crippen molar-refractivity contribution in [3.8, 4) is 5.75 Å². The monoisotopic (exact) mass is 287 g/mol. The van der Waals surface area contributed by atoms with Crippen molar-refractivity contribution >= 4 is 11.6 Å². The molecule has 0 radical (unpaired) electrons. The number of aromatic nitrogens is 2. The van der Waals surface area contributed by atoms with Gasteiger partial charge in [0.1, 0.15) is 18.9 Å². The van der Waals surface area contributed by atoms with E-state index < -0.39 is 11.2 Å². The quantitative estimate of drug-likeness (QED) is 0.840. The van der Waals surface area contributed by atoms with E-state index in [1.165, 1.54) is 16.8 Å². The third-order valence-corrected chi connectivity index (χ3v) is 3.23. The van der Waals surface area contributed by atoms with E-state index in [9.17, 15) is 14.4 Å². The van der Waals surface area contributed by atoms with Gasteiger partial charge in [-0.05, 0) is 12.1 Å². The van der Waals surface area contributed by atoms with Crippen LogP contribution in [0.25, 0.3) is 0 Å². The number of fused-ring (bicyclic) bond motifs is 1. The normalized spacial score (nSPS) is 13.4. The molecule has 2 heterocycles. The molecule has 0 aliphatic carbocycles. The molecule has 0 bridgehead atoms. The van der Waals surface area contributed by atoms with E-state index >= 15 is 0 Å². The van der Waals surface area contributed by atoms with E-state index in [4.69, 9.17) is 4.74 Å². The lowest BCUT2D eigenvalue weighted by Gasteiger charge is -2.29. The molecule has 0 unspecified atom stereocenters. The third-order valence-electron chi connectivity index (χ3n) is 3.23. The predicted octanol–water partition coefficient (Wildman–Crippen LogP) is -0.0378. The highest BCUT2D eigenvalue weighted by Crippen LogP contribution is 2.30. The Kier molecular flexibility index (Phi) is 3.31. The van der Waals surface area contributed by atoms with E-state index in [-0.39, 0.29) is 12.5 Å². The van der Waals surface area contributed by atoms with E-state index in [2.05, 4.69) is 4.98 Å². The summed E-state index contributed by atoms with van der Waals surface area (Å²) in [6.07, 6.45) is 1.31. The fourth-order valence-corrected chi connectivity index (χ4v) is 2.23. The smallest absolute Gasteiger partial charge is 0.328 e. The van der Waals surface area contributed by atoms with Crippen molar-refractivity contribution in [1.29, 1.82) is 0 Å². The van der Waals surface area contributed by atoms with Gasteiger partial charge in [-0.25, -0.2) is 4.79 Å². The SMILES string of the molecule is O=C(Cn1ccc(=O)[nH]c1=O)N1CCOc2ccccc21. The summed E-state index contributed by atoms with van der Waals surface area (Å²) < 4.78 is 6.65. The Morgan fingerprint density at radius 1 is 1.24 bits per heavy atom. The molecule has 7 heteroatoms. The maximum absolute atomic E-state index is 12.4. The number of amides is 1. The number of hydrogen-bond acceptors (Lipinski definition) is 4. The molecule has 21 heavy (non-hydrogen) atoms. The summed E-state index contributed by atoms with van der Waals surface area (Å²) in [6.45, 7) is 0.696. The van der Waals surface area contributed by atoms with Gasteiger partial charge in [-0.15, -0.1) is 0 Å². The topological polar surface area (TPSA) is 84.4 Å². The molecule has 2 aromatic rings. The number of hydrogen-bond donors (Lipinski definition) is 1. The minimum Gasteiger partial charge on any atom is -0.490 e. The highest BCUT2D eigenvalue weighted by atomic mass is 16.5. The lowest BCUT2D eigenvalue weighted by molar-refractivity contribution is -0.119. The van der Waals surface area contributed by atoms with Gasteiger partial charge in [0, 0.05) is 12.3 Å². The largest absolute Gasteiger partial charge is 0.490 e. The second-order valence-corrected chi connectivity index (χ2v) is 4.60. The number of nitrogens with zero attached hydrogens (tertiary/aromatic N) is 2. The van der Waals surface area contributed by atoms with Crippen LogP contribution in [0.2, 0.25) is 0 Å². The zero-order valence-electron chi connectivity index (χ0n) is 11.1. The molecular weight excluding hydrogens is 274 g/mol. The van der Waals surface area contributed by atoms with Crippen molar-refractivity contribution in [1.82, 2.24) is 9.55 Å². The van der Waals surface area contributed by atoms with Gasteiger partial charge in [0.15, 0.2) is 0 Å². The third kappa shape index (κ3) is 2.58. The lowest BCUT2D eigenvalue weighted by atomic mass is 10.2. The minimum atomic E-state index is -0.600. The molecule has 3 rings (SSSR count). The molecule has 0 atom stereocenters. The first-order chi connectivity index (χ1) is 10.1. The number of aromatic amines is 1. The first-order valence-corrected chi connectivity index (χ1v) is 6.47. The van der Waals surface area contributed by atoms with Gasteiger partial charge in [0.05, 0.1) is 12.2 Å². The fraction of sp³-hybridized carbons (Fsp3) is 0.214. The maximum atomic E-state index is 12.4. The standard InChI is InChI=1S/C14H13N3O4/c18-12-5-6-16(14(20)15-12)9-13(19)17-7-8-21-11-4-2-1-3-10(11)17/h1-6H,7-9H2,(H,15,18,20). The molecule has 7 nitrogen and oxygen atoms in total. The number of para-hydroxylation sites is 2. The van der Waals surface area contributed by atoms with E-state index in [1.54, 1.807) is 17.0 Å². The van der Waals surface area contributed by atoms with Gasteiger partial charge in [-0.1, -0.05) is 12.1 Å². The highest BCUT2D eigenvalue weighted by Gasteiger charge is 2.23. The summed E-state index contributed by atoms with van der Waals surface area (Å²) in [5.74, 6) is 0.408. The van der Waals surface area contributed by atoms with Gasteiger partial charge < -0.3 is 9.64 Å². The van der Waals surface area contributed by atoms with Crippen molar-refractivity contribution in [3.63, 3.8) is 0 Å². The Hall–Kier alpha value is -2.83. The van der Waals surface area contributed by atoms with Crippen molar-refractivity contribution < 1.29 is 9.53 Å². The van der Waals surface area contributed by atoms with Crippen LogP contribution in [0.5, 0.6) is 5.75 Å². The van der Waals surface area contributed by atoms with Gasteiger partial charge in [-0.3, -0.25) is 19.1 Å². The van der Waals surface area contributed by atoms with Crippen LogP contribution in [-0.2, 0) is 11.3 Å². The van der Waals surface area contributed by atoms with Crippen LogP contribution in [0.4, 0.5) is 5.69 Å². The second-order valence-electron chi connectivity index (χ2n) is 4.60. The molecule has 1 N–H and O–H groups in total. The van der Waals surface area contributed by atoms with Gasteiger partial charge >= 0.3 is 5.69 Å². The molecule has 1 amide bonds. The average molecular weight is 287 g/mol. The van der Waals surface area contributed by atoms with Gasteiger partial charge in [0.2, 0.25) is 5.91 Å². The lowest BCUT2D eigenvalue weighted by Crippen LogP contribution is -2.42. The first-order valence-electron chi connectivity index (χ1n) is 6.47. The number of benzene rings is 1. The fourth-order valence-electron chi connectivity index (χ4n) is 2.23. The Morgan fingerprint density at radius 3 is 2.86 bits per heavy atom. The summed E-state index contributed by atoms with van der Waals surface area (Å²) in [4.78, 5) is 38.7. The number of ether oxygens (including phenoxy) is 1. The zero-order valence-corrected chi connectivity index (χ0v) is 11.1. The van der Waals surface area contributed by atoms with Crippen LogP contribution in [-0.4, -0.2) is 28.6 Å². The van der Waals surface area contributed by atoms with Crippen molar-refractivity contribution in [3.05, 3.63) is 57.4 Å². The van der Waals surface area contributed by atoms with Crippen molar-refractivity contribution in [2.24, 2.45) is 0 Å². The van der Waals surface area contributed by atoms with E-state index in [0.29, 0.717) is 24.6 Å². The molecular formula is C14H13N3O4. The van der Waals surface area contributed by atoms with E-state index in [1.807, 2.05) is 12.1 Å². The maximum Gasteiger partial charge on any atom is 0.328 e. The first kappa shape index (κ1) is 13.2. The predicted molar refractivity (Wildman–Crippen MR) is 75.6 cm³/mol. The molecule has 0 saturated carbocycles. The van der Waals surface area contributed by atoms with Crippen molar-refractivity contribution in [2.75, 3.05) is 18.1 Å². The Labute approximate surface area is 119 Å². The van der Waals surface area contributed by atoms with Crippen LogP contribution < -0.4 is 20.9 Å². The minimum absolute atomic E-state index is 0.135. The molecule has 1 aromatic carbocycles. The molecule has 1 aliphatic heterocycles. The molecule has 108 valence electrons. The van der Waals surface area contributed by atoms with Crippen LogP contribution in [0, 0.1) is 0 Å². The summed E-state index contributed by atoms with van der Waals surface area (Å²) in [7, 11) is 0. The molecule has 0 spiro atoms.